The Balaban J connectivity index is 2.50. The fourth-order valence-electron chi connectivity index (χ4n) is 2.12. The summed E-state index contributed by atoms with van der Waals surface area (Å²) in [6.07, 6.45) is 2.66. The highest BCUT2D eigenvalue weighted by molar-refractivity contribution is 9.10. The maximum atomic E-state index is 14.2. The molecule has 0 aliphatic rings. The molecule has 1 atom stereocenters. The molecule has 20 heavy (non-hydrogen) atoms. The van der Waals surface area contributed by atoms with Crippen molar-refractivity contribution < 1.29 is 4.39 Å². The van der Waals surface area contributed by atoms with Gasteiger partial charge in [0.1, 0.15) is 5.82 Å². The van der Waals surface area contributed by atoms with E-state index in [0.717, 1.165) is 23.1 Å². The second-order valence-corrected chi connectivity index (χ2v) is 5.85. The number of nitrogens with one attached hydrogen (secondary N) is 1. The molecule has 2 aromatic rings. The normalized spacial score (nSPS) is 12.7. The van der Waals surface area contributed by atoms with E-state index in [2.05, 4.69) is 33.3 Å². The van der Waals surface area contributed by atoms with Crippen LogP contribution in [0.3, 0.4) is 0 Å². The third-order valence-electron chi connectivity index (χ3n) is 3.08. The van der Waals surface area contributed by atoms with E-state index in [9.17, 15) is 4.39 Å². The number of hydrogen-bond donors (Lipinski definition) is 1. The Hall–Kier alpha value is -0.910. The quantitative estimate of drug-likeness (QED) is 0.871. The molecule has 1 N–H and O–H groups in total. The van der Waals surface area contributed by atoms with Crippen LogP contribution in [0.1, 0.15) is 30.6 Å². The molecule has 3 nitrogen and oxygen atoms in total. The number of rotatable bonds is 5. The summed E-state index contributed by atoms with van der Waals surface area (Å²) in [4.78, 5) is 0. The van der Waals surface area contributed by atoms with Gasteiger partial charge in [-0.1, -0.05) is 18.5 Å². The zero-order valence-electron chi connectivity index (χ0n) is 11.3. The van der Waals surface area contributed by atoms with Crippen molar-refractivity contribution in [3.05, 3.63) is 51.0 Å². The molecular formula is C14H16BrClFN3. The van der Waals surface area contributed by atoms with Gasteiger partial charge in [-0.05, 0) is 47.1 Å². The molecular weight excluding hydrogens is 345 g/mol. The van der Waals surface area contributed by atoms with E-state index in [4.69, 9.17) is 11.6 Å². The van der Waals surface area contributed by atoms with Crippen LogP contribution in [-0.2, 0) is 7.05 Å². The Morgan fingerprint density at radius 2 is 2.25 bits per heavy atom. The molecule has 0 fully saturated rings. The molecule has 0 spiro atoms. The molecule has 108 valence electrons. The Labute approximate surface area is 131 Å². The molecule has 0 bridgehead atoms. The fraction of sp³-hybridized carbons (Fsp3) is 0.357. The van der Waals surface area contributed by atoms with Crippen molar-refractivity contribution >= 4 is 27.5 Å². The Kier molecular flexibility index (Phi) is 5.18. The van der Waals surface area contributed by atoms with Crippen molar-refractivity contribution in [1.82, 2.24) is 15.1 Å². The second-order valence-electron chi connectivity index (χ2n) is 4.55. The highest BCUT2D eigenvalue weighted by Crippen LogP contribution is 2.31. The molecule has 2 rings (SSSR count). The summed E-state index contributed by atoms with van der Waals surface area (Å²) in [6, 6.07) is 4.30. The SMILES string of the molecule is CCCNC(c1cc(Cl)ccc1F)c1c(Br)cnn1C. The van der Waals surface area contributed by atoms with Crippen molar-refractivity contribution in [1.29, 1.82) is 0 Å². The molecule has 1 heterocycles. The minimum atomic E-state index is -0.296. The van der Waals surface area contributed by atoms with E-state index >= 15 is 0 Å². The van der Waals surface area contributed by atoms with Crippen LogP contribution in [0.5, 0.6) is 0 Å². The van der Waals surface area contributed by atoms with E-state index < -0.39 is 0 Å². The first-order valence-electron chi connectivity index (χ1n) is 6.40. The van der Waals surface area contributed by atoms with Crippen LogP contribution >= 0.6 is 27.5 Å². The molecule has 1 aromatic heterocycles. The van der Waals surface area contributed by atoms with Crippen molar-refractivity contribution in [2.45, 2.75) is 19.4 Å². The Bertz CT molecular complexity index is 581. The molecule has 0 saturated heterocycles. The lowest BCUT2D eigenvalue weighted by atomic mass is 10.0. The van der Waals surface area contributed by atoms with Gasteiger partial charge in [-0.25, -0.2) is 4.39 Å². The molecule has 0 saturated carbocycles. The number of hydrogen-bond acceptors (Lipinski definition) is 2. The largest absolute Gasteiger partial charge is 0.305 e. The van der Waals surface area contributed by atoms with Crippen LogP contribution in [0.4, 0.5) is 4.39 Å². The summed E-state index contributed by atoms with van der Waals surface area (Å²) in [7, 11) is 1.84. The number of aromatic nitrogens is 2. The van der Waals surface area contributed by atoms with Crippen molar-refractivity contribution in [2.24, 2.45) is 7.05 Å². The summed E-state index contributed by atoms with van der Waals surface area (Å²) in [5, 5.41) is 8.06. The monoisotopic (exact) mass is 359 g/mol. The van der Waals surface area contributed by atoms with Crippen molar-refractivity contribution in [3.63, 3.8) is 0 Å². The zero-order valence-corrected chi connectivity index (χ0v) is 13.7. The van der Waals surface area contributed by atoms with Gasteiger partial charge in [0, 0.05) is 17.6 Å². The van der Waals surface area contributed by atoms with Gasteiger partial charge in [0.25, 0.3) is 0 Å². The van der Waals surface area contributed by atoms with Gasteiger partial charge in [-0.2, -0.15) is 5.10 Å². The standard InChI is InChI=1S/C14H16BrClFN3/c1-3-6-18-13(14-11(15)8-19-20(14)2)10-7-9(16)4-5-12(10)17/h4-5,7-8,13,18H,3,6H2,1-2H3. The van der Waals surface area contributed by atoms with Crippen LogP contribution in [0.2, 0.25) is 5.02 Å². The lowest BCUT2D eigenvalue weighted by Gasteiger charge is -2.21. The summed E-state index contributed by atoms with van der Waals surface area (Å²) in [6.45, 7) is 2.84. The predicted molar refractivity (Wildman–Crippen MR) is 82.5 cm³/mol. The lowest BCUT2D eigenvalue weighted by molar-refractivity contribution is 0.519. The third kappa shape index (κ3) is 3.22. The van der Waals surface area contributed by atoms with Crippen LogP contribution in [0.15, 0.2) is 28.9 Å². The topological polar surface area (TPSA) is 29.9 Å². The molecule has 6 heteroatoms. The van der Waals surface area contributed by atoms with E-state index in [1.807, 2.05) is 7.05 Å². The van der Waals surface area contributed by atoms with Gasteiger partial charge in [-0.15, -0.1) is 0 Å². The highest BCUT2D eigenvalue weighted by atomic mass is 79.9. The molecule has 0 radical (unpaired) electrons. The van der Waals surface area contributed by atoms with Crippen LogP contribution in [0, 0.1) is 5.82 Å². The van der Waals surface area contributed by atoms with Gasteiger partial charge >= 0.3 is 0 Å². The molecule has 0 amide bonds. The lowest BCUT2D eigenvalue weighted by Crippen LogP contribution is -2.26. The fourth-order valence-corrected chi connectivity index (χ4v) is 2.88. The van der Waals surface area contributed by atoms with Crippen LogP contribution in [0.25, 0.3) is 0 Å². The second kappa shape index (κ2) is 6.70. The number of halogens is 3. The Morgan fingerprint density at radius 1 is 1.50 bits per heavy atom. The summed E-state index contributed by atoms with van der Waals surface area (Å²) >= 11 is 9.48. The maximum Gasteiger partial charge on any atom is 0.128 e. The molecule has 0 aliphatic heterocycles. The van der Waals surface area contributed by atoms with Crippen LogP contribution in [-0.4, -0.2) is 16.3 Å². The average Bonchev–Trinajstić information content (AvgIpc) is 2.74. The smallest absolute Gasteiger partial charge is 0.128 e. The summed E-state index contributed by atoms with van der Waals surface area (Å²) in [5.41, 5.74) is 1.40. The minimum absolute atomic E-state index is 0.281. The molecule has 1 unspecified atom stereocenters. The van der Waals surface area contributed by atoms with Gasteiger partial charge in [0.2, 0.25) is 0 Å². The van der Waals surface area contributed by atoms with Crippen LogP contribution < -0.4 is 5.32 Å². The number of benzene rings is 1. The van der Waals surface area contributed by atoms with Gasteiger partial charge in [0.05, 0.1) is 22.4 Å². The molecule has 1 aromatic carbocycles. The van der Waals surface area contributed by atoms with Gasteiger partial charge < -0.3 is 5.32 Å². The van der Waals surface area contributed by atoms with Gasteiger partial charge in [-0.3, -0.25) is 4.68 Å². The van der Waals surface area contributed by atoms with Crippen molar-refractivity contribution in [3.8, 4) is 0 Å². The van der Waals surface area contributed by atoms with Crippen molar-refractivity contribution in [2.75, 3.05) is 6.54 Å². The number of nitrogens with zero attached hydrogens (tertiary/aromatic N) is 2. The first kappa shape index (κ1) is 15.5. The average molecular weight is 361 g/mol. The first-order valence-corrected chi connectivity index (χ1v) is 7.57. The number of aryl methyl sites for hydroxylation is 1. The van der Waals surface area contributed by atoms with E-state index in [1.54, 1.807) is 23.0 Å². The summed E-state index contributed by atoms with van der Waals surface area (Å²) < 4.78 is 16.7. The summed E-state index contributed by atoms with van der Waals surface area (Å²) in [5.74, 6) is -0.281. The first-order chi connectivity index (χ1) is 9.54. The zero-order chi connectivity index (χ0) is 14.7. The maximum absolute atomic E-state index is 14.2. The molecule has 0 aliphatic carbocycles. The predicted octanol–water partition coefficient (Wildman–Crippen LogP) is 4.06. The highest BCUT2D eigenvalue weighted by Gasteiger charge is 2.23. The minimum Gasteiger partial charge on any atom is -0.305 e. The Morgan fingerprint density at radius 3 is 2.85 bits per heavy atom. The third-order valence-corrected chi connectivity index (χ3v) is 3.92. The van der Waals surface area contributed by atoms with E-state index in [1.165, 1.54) is 6.07 Å². The van der Waals surface area contributed by atoms with Gasteiger partial charge in [0.15, 0.2) is 0 Å². The van der Waals surface area contributed by atoms with E-state index in [0.29, 0.717) is 10.6 Å². The van der Waals surface area contributed by atoms with E-state index in [-0.39, 0.29) is 11.9 Å².